The van der Waals surface area contributed by atoms with Gasteiger partial charge in [-0.1, -0.05) is 11.6 Å². The van der Waals surface area contributed by atoms with E-state index in [0.29, 0.717) is 5.92 Å². The number of rotatable bonds is 4. The van der Waals surface area contributed by atoms with E-state index in [-0.39, 0.29) is 0 Å². The van der Waals surface area contributed by atoms with Crippen LogP contribution in [-0.2, 0) is 11.3 Å². The normalized spacial score (nSPS) is 19.9. The zero-order chi connectivity index (χ0) is 13.9. The van der Waals surface area contributed by atoms with Crippen LogP contribution in [0.1, 0.15) is 18.7 Å². The van der Waals surface area contributed by atoms with Crippen LogP contribution in [0.25, 0.3) is 11.0 Å². The first kappa shape index (κ1) is 13.9. The van der Waals surface area contributed by atoms with Gasteiger partial charge in [-0.3, -0.25) is 4.90 Å². The number of aromatic amines is 1. The summed E-state index contributed by atoms with van der Waals surface area (Å²) in [5.74, 6) is 1.63. The van der Waals surface area contributed by atoms with Crippen LogP contribution >= 0.6 is 11.6 Å². The minimum Gasteiger partial charge on any atom is -0.381 e. The summed E-state index contributed by atoms with van der Waals surface area (Å²) in [6.45, 7) is 3.69. The zero-order valence-corrected chi connectivity index (χ0v) is 12.5. The Balaban J connectivity index is 1.63. The third kappa shape index (κ3) is 3.32. The first-order chi connectivity index (χ1) is 9.70. The second-order valence-corrected chi connectivity index (χ2v) is 6.06. The first-order valence-electron chi connectivity index (χ1n) is 7.11. The van der Waals surface area contributed by atoms with Gasteiger partial charge in [0.05, 0.1) is 24.2 Å². The van der Waals surface area contributed by atoms with Crippen molar-refractivity contribution in [2.24, 2.45) is 5.92 Å². The van der Waals surface area contributed by atoms with Crippen LogP contribution in [0, 0.1) is 5.92 Å². The predicted molar refractivity (Wildman–Crippen MR) is 81.0 cm³/mol. The molecule has 1 aromatic carbocycles. The lowest BCUT2D eigenvalue weighted by Gasteiger charge is -2.26. The number of H-pyrrole nitrogens is 1. The van der Waals surface area contributed by atoms with E-state index in [1.807, 2.05) is 18.2 Å². The number of aromatic nitrogens is 2. The van der Waals surface area contributed by atoms with Gasteiger partial charge in [0.1, 0.15) is 5.82 Å². The SMILES string of the molecule is CN(Cc1nc2ccc(Cl)cc2[nH]1)C[C@H]1CCCOC1. The minimum absolute atomic E-state index is 0.646. The number of nitrogens with zero attached hydrogens (tertiary/aromatic N) is 2. The van der Waals surface area contributed by atoms with Gasteiger partial charge in [-0.05, 0) is 44.0 Å². The molecule has 1 aromatic heterocycles. The topological polar surface area (TPSA) is 41.2 Å². The first-order valence-corrected chi connectivity index (χ1v) is 7.49. The van der Waals surface area contributed by atoms with Crippen LogP contribution in [0.4, 0.5) is 0 Å². The lowest BCUT2D eigenvalue weighted by molar-refractivity contribution is 0.0409. The fourth-order valence-corrected chi connectivity index (χ4v) is 2.99. The summed E-state index contributed by atoms with van der Waals surface area (Å²) in [4.78, 5) is 10.2. The highest BCUT2D eigenvalue weighted by molar-refractivity contribution is 6.31. The fraction of sp³-hybridized carbons (Fsp3) is 0.533. The standard InChI is InChI=1S/C15H20ClN3O/c1-19(8-11-3-2-6-20-10-11)9-15-17-13-5-4-12(16)7-14(13)18-15/h4-5,7,11H,2-3,6,8-10H2,1H3,(H,17,18)/t11-/m1/s1. The van der Waals surface area contributed by atoms with Crippen molar-refractivity contribution in [3.63, 3.8) is 0 Å². The average molecular weight is 294 g/mol. The second-order valence-electron chi connectivity index (χ2n) is 5.62. The summed E-state index contributed by atoms with van der Waals surface area (Å²) in [6.07, 6.45) is 2.45. The lowest BCUT2D eigenvalue weighted by Crippen LogP contribution is -2.30. The van der Waals surface area contributed by atoms with Gasteiger partial charge in [0.2, 0.25) is 0 Å². The molecule has 0 radical (unpaired) electrons. The smallest absolute Gasteiger partial charge is 0.121 e. The maximum Gasteiger partial charge on any atom is 0.121 e. The van der Waals surface area contributed by atoms with Crippen molar-refractivity contribution in [1.29, 1.82) is 0 Å². The number of fused-ring (bicyclic) bond motifs is 1. The van der Waals surface area contributed by atoms with E-state index in [0.717, 1.165) is 48.2 Å². The van der Waals surface area contributed by atoms with Gasteiger partial charge in [-0.2, -0.15) is 0 Å². The van der Waals surface area contributed by atoms with Gasteiger partial charge >= 0.3 is 0 Å². The van der Waals surface area contributed by atoms with Gasteiger partial charge < -0.3 is 9.72 Å². The van der Waals surface area contributed by atoms with Gasteiger partial charge in [-0.25, -0.2) is 4.98 Å². The van der Waals surface area contributed by atoms with Crippen molar-refractivity contribution in [2.45, 2.75) is 19.4 Å². The Bertz CT molecular complexity index is 578. The van der Waals surface area contributed by atoms with Crippen LogP contribution in [0.2, 0.25) is 5.02 Å². The second kappa shape index (κ2) is 6.12. The molecule has 1 atom stereocenters. The van der Waals surface area contributed by atoms with E-state index in [9.17, 15) is 0 Å². The van der Waals surface area contributed by atoms with E-state index in [1.54, 1.807) is 0 Å². The Morgan fingerprint density at radius 3 is 3.20 bits per heavy atom. The summed E-state index contributed by atoms with van der Waals surface area (Å²) in [5, 5.41) is 0.736. The Hall–Kier alpha value is -1.10. The molecule has 20 heavy (non-hydrogen) atoms. The average Bonchev–Trinajstić information content (AvgIpc) is 2.80. The summed E-state index contributed by atoms with van der Waals surface area (Å²) in [5.41, 5.74) is 1.97. The minimum atomic E-state index is 0.646. The molecule has 2 aromatic rings. The molecule has 5 heteroatoms. The van der Waals surface area contributed by atoms with E-state index in [2.05, 4.69) is 21.9 Å². The Kier molecular flexibility index (Phi) is 4.24. The third-order valence-electron chi connectivity index (χ3n) is 3.74. The number of benzene rings is 1. The summed E-state index contributed by atoms with van der Waals surface area (Å²) < 4.78 is 5.53. The molecule has 108 valence electrons. The summed E-state index contributed by atoms with van der Waals surface area (Å²) >= 11 is 5.99. The Morgan fingerprint density at radius 2 is 2.40 bits per heavy atom. The molecule has 0 amide bonds. The van der Waals surface area contributed by atoms with Gasteiger partial charge in [0.25, 0.3) is 0 Å². The van der Waals surface area contributed by atoms with Crippen LogP contribution in [0.15, 0.2) is 18.2 Å². The molecular formula is C15H20ClN3O. The predicted octanol–water partition coefficient (Wildman–Crippen LogP) is 3.07. The molecule has 4 nitrogen and oxygen atoms in total. The van der Waals surface area contributed by atoms with Crippen LogP contribution in [0.3, 0.4) is 0 Å². The van der Waals surface area contributed by atoms with Crippen molar-refractivity contribution < 1.29 is 4.74 Å². The number of hydrogen-bond donors (Lipinski definition) is 1. The summed E-state index contributed by atoms with van der Waals surface area (Å²) in [7, 11) is 2.13. The molecular weight excluding hydrogens is 274 g/mol. The number of ether oxygens (including phenoxy) is 1. The van der Waals surface area contributed by atoms with Gasteiger partial charge in [-0.15, -0.1) is 0 Å². The van der Waals surface area contributed by atoms with Crippen molar-refractivity contribution in [1.82, 2.24) is 14.9 Å². The molecule has 0 spiro atoms. The van der Waals surface area contributed by atoms with Crippen molar-refractivity contribution in [3.8, 4) is 0 Å². The molecule has 3 rings (SSSR count). The zero-order valence-electron chi connectivity index (χ0n) is 11.7. The Labute approximate surface area is 124 Å². The highest BCUT2D eigenvalue weighted by Crippen LogP contribution is 2.19. The van der Waals surface area contributed by atoms with E-state index < -0.39 is 0 Å². The van der Waals surface area contributed by atoms with Crippen LogP contribution in [0.5, 0.6) is 0 Å². The van der Waals surface area contributed by atoms with Gasteiger partial charge in [0, 0.05) is 18.2 Å². The molecule has 1 fully saturated rings. The molecule has 0 bridgehead atoms. The van der Waals surface area contributed by atoms with Crippen molar-refractivity contribution >= 4 is 22.6 Å². The maximum atomic E-state index is 5.99. The number of nitrogens with one attached hydrogen (secondary N) is 1. The third-order valence-corrected chi connectivity index (χ3v) is 3.97. The monoisotopic (exact) mass is 293 g/mol. The molecule has 1 saturated heterocycles. The maximum absolute atomic E-state index is 5.99. The van der Waals surface area contributed by atoms with E-state index >= 15 is 0 Å². The largest absolute Gasteiger partial charge is 0.381 e. The molecule has 0 unspecified atom stereocenters. The molecule has 1 N–H and O–H groups in total. The molecule has 0 saturated carbocycles. The van der Waals surface area contributed by atoms with Crippen LogP contribution < -0.4 is 0 Å². The Morgan fingerprint density at radius 1 is 1.50 bits per heavy atom. The molecule has 1 aliphatic heterocycles. The highest BCUT2D eigenvalue weighted by Gasteiger charge is 2.16. The molecule has 2 heterocycles. The number of imidazole rings is 1. The van der Waals surface area contributed by atoms with Gasteiger partial charge in [0.15, 0.2) is 0 Å². The number of halogens is 1. The lowest BCUT2D eigenvalue weighted by atomic mass is 10.0. The molecule has 0 aliphatic carbocycles. The molecule has 1 aliphatic rings. The summed E-state index contributed by atoms with van der Waals surface area (Å²) in [6, 6.07) is 5.74. The van der Waals surface area contributed by atoms with Crippen molar-refractivity contribution in [3.05, 3.63) is 29.0 Å². The quantitative estimate of drug-likeness (QED) is 0.942. The van der Waals surface area contributed by atoms with E-state index in [1.165, 1.54) is 12.8 Å². The number of hydrogen-bond acceptors (Lipinski definition) is 3. The highest BCUT2D eigenvalue weighted by atomic mass is 35.5. The fourth-order valence-electron chi connectivity index (χ4n) is 2.82. The van der Waals surface area contributed by atoms with E-state index in [4.69, 9.17) is 16.3 Å². The van der Waals surface area contributed by atoms with Crippen molar-refractivity contribution in [2.75, 3.05) is 26.8 Å². The van der Waals surface area contributed by atoms with Crippen LogP contribution in [-0.4, -0.2) is 41.7 Å².